The molecule has 3 rings (SSSR count). The van der Waals surface area contributed by atoms with E-state index in [1.165, 1.54) is 24.3 Å². The predicted octanol–water partition coefficient (Wildman–Crippen LogP) is 4.89. The summed E-state index contributed by atoms with van der Waals surface area (Å²) < 4.78 is 34.2. The first-order valence-electron chi connectivity index (χ1n) is 11.3. The van der Waals surface area contributed by atoms with Gasteiger partial charge in [0.05, 0.1) is 4.90 Å². The Labute approximate surface area is 216 Å². The first-order valence-corrected chi connectivity index (χ1v) is 14.0. The normalized spacial score (nSPS) is 12.6. The van der Waals surface area contributed by atoms with Crippen LogP contribution in [-0.2, 0) is 26.0 Å². The standard InChI is InChI=1S/C27H30N2O5S2/c1-27(2,3)34-26(31)24(18-19-8-6-5-7-9-19)29-36(32,33)23-16-12-21(13-17-23)28-25(30)20-10-14-22(35-4)15-11-20/h5-17,24,29H,18H2,1-4H3,(H,28,30)/t24-/m1/s1. The van der Waals surface area contributed by atoms with Crippen molar-refractivity contribution in [3.05, 3.63) is 90.0 Å². The number of amides is 1. The molecule has 0 aromatic heterocycles. The number of benzene rings is 3. The molecule has 0 aliphatic heterocycles. The second kappa shape index (κ2) is 11.7. The lowest BCUT2D eigenvalue weighted by molar-refractivity contribution is -0.156. The zero-order chi connectivity index (χ0) is 26.3. The third-order valence-electron chi connectivity index (χ3n) is 5.05. The van der Waals surface area contributed by atoms with Gasteiger partial charge in [-0.25, -0.2) is 8.42 Å². The fourth-order valence-electron chi connectivity index (χ4n) is 3.31. The number of carbonyl (C=O) groups excluding carboxylic acids is 2. The Kier molecular flexibility index (Phi) is 8.94. The summed E-state index contributed by atoms with van der Waals surface area (Å²) >= 11 is 1.58. The molecular formula is C27H30N2O5S2. The van der Waals surface area contributed by atoms with Gasteiger partial charge in [0.25, 0.3) is 5.91 Å². The Bertz CT molecular complexity index is 1280. The molecule has 0 unspecified atom stereocenters. The highest BCUT2D eigenvalue weighted by Crippen LogP contribution is 2.19. The lowest BCUT2D eigenvalue weighted by Gasteiger charge is -2.24. The maximum atomic E-state index is 13.1. The van der Waals surface area contributed by atoms with E-state index in [0.717, 1.165) is 10.5 Å². The van der Waals surface area contributed by atoms with Crippen molar-refractivity contribution in [2.75, 3.05) is 11.6 Å². The highest BCUT2D eigenvalue weighted by atomic mass is 32.2. The van der Waals surface area contributed by atoms with Gasteiger partial charge in [-0.1, -0.05) is 30.3 Å². The summed E-state index contributed by atoms with van der Waals surface area (Å²) in [5.74, 6) is -0.962. The predicted molar refractivity (Wildman–Crippen MR) is 143 cm³/mol. The van der Waals surface area contributed by atoms with Gasteiger partial charge < -0.3 is 10.1 Å². The summed E-state index contributed by atoms with van der Waals surface area (Å²) in [6.07, 6.45) is 2.09. The van der Waals surface area contributed by atoms with E-state index in [1.54, 1.807) is 44.7 Å². The second-order valence-corrected chi connectivity index (χ2v) is 11.7. The molecule has 0 heterocycles. The highest BCUT2D eigenvalue weighted by Gasteiger charge is 2.30. The summed E-state index contributed by atoms with van der Waals surface area (Å²) in [7, 11) is -4.05. The highest BCUT2D eigenvalue weighted by molar-refractivity contribution is 7.98. The van der Waals surface area contributed by atoms with Crippen molar-refractivity contribution in [1.29, 1.82) is 0 Å². The van der Waals surface area contributed by atoms with Gasteiger partial charge in [-0.15, -0.1) is 11.8 Å². The molecule has 7 nitrogen and oxygen atoms in total. The molecule has 36 heavy (non-hydrogen) atoms. The molecule has 0 aliphatic carbocycles. The van der Waals surface area contributed by atoms with Crippen LogP contribution in [0.5, 0.6) is 0 Å². The number of sulfonamides is 1. The number of rotatable bonds is 9. The number of thioether (sulfide) groups is 1. The third kappa shape index (κ3) is 7.94. The van der Waals surface area contributed by atoms with E-state index in [2.05, 4.69) is 10.0 Å². The van der Waals surface area contributed by atoms with Crippen molar-refractivity contribution in [3.63, 3.8) is 0 Å². The van der Waals surface area contributed by atoms with E-state index in [1.807, 2.05) is 48.7 Å². The molecule has 3 aromatic rings. The van der Waals surface area contributed by atoms with Crippen LogP contribution in [0.2, 0.25) is 0 Å². The molecule has 9 heteroatoms. The maximum Gasteiger partial charge on any atom is 0.325 e. The van der Waals surface area contributed by atoms with E-state index in [-0.39, 0.29) is 17.2 Å². The van der Waals surface area contributed by atoms with Crippen molar-refractivity contribution in [3.8, 4) is 0 Å². The molecule has 0 saturated heterocycles. The summed E-state index contributed by atoms with van der Waals surface area (Å²) in [5, 5.41) is 2.76. The van der Waals surface area contributed by atoms with Crippen LogP contribution in [0.4, 0.5) is 5.69 Å². The fraction of sp³-hybridized carbons (Fsp3) is 0.259. The van der Waals surface area contributed by atoms with Gasteiger partial charge >= 0.3 is 5.97 Å². The molecule has 2 N–H and O–H groups in total. The number of nitrogens with one attached hydrogen (secondary N) is 2. The molecule has 0 saturated carbocycles. The molecule has 1 amide bonds. The van der Waals surface area contributed by atoms with E-state index in [0.29, 0.717) is 11.3 Å². The fourth-order valence-corrected chi connectivity index (χ4v) is 4.91. The van der Waals surface area contributed by atoms with Crippen LogP contribution >= 0.6 is 11.8 Å². The lowest BCUT2D eigenvalue weighted by Crippen LogP contribution is -2.45. The quantitative estimate of drug-likeness (QED) is 0.304. The van der Waals surface area contributed by atoms with Crippen LogP contribution in [-0.4, -0.2) is 38.2 Å². The van der Waals surface area contributed by atoms with E-state index < -0.39 is 27.6 Å². The molecule has 1 atom stereocenters. The Morgan fingerprint density at radius 3 is 2.08 bits per heavy atom. The van der Waals surface area contributed by atoms with Gasteiger partial charge in [-0.3, -0.25) is 9.59 Å². The van der Waals surface area contributed by atoms with Crippen LogP contribution in [0, 0.1) is 0 Å². The number of hydrogen-bond acceptors (Lipinski definition) is 6. The number of esters is 1. The zero-order valence-corrected chi connectivity index (χ0v) is 22.3. The Morgan fingerprint density at radius 1 is 0.917 bits per heavy atom. The average Bonchev–Trinajstić information content (AvgIpc) is 2.83. The molecule has 0 aliphatic rings. The second-order valence-electron chi connectivity index (χ2n) is 9.10. The Morgan fingerprint density at radius 2 is 1.53 bits per heavy atom. The van der Waals surface area contributed by atoms with Gasteiger partial charge in [0.1, 0.15) is 11.6 Å². The number of carbonyl (C=O) groups is 2. The number of ether oxygens (including phenoxy) is 1. The number of anilines is 1. The zero-order valence-electron chi connectivity index (χ0n) is 20.6. The molecule has 0 fully saturated rings. The van der Waals surface area contributed by atoms with Crippen molar-refractivity contribution in [2.45, 2.75) is 48.6 Å². The SMILES string of the molecule is CSc1ccc(C(=O)Nc2ccc(S(=O)(=O)N[C@H](Cc3ccccc3)C(=O)OC(C)(C)C)cc2)cc1. The van der Waals surface area contributed by atoms with Gasteiger partial charge in [0.2, 0.25) is 10.0 Å². The van der Waals surface area contributed by atoms with Crippen LogP contribution in [0.15, 0.2) is 88.7 Å². The van der Waals surface area contributed by atoms with Gasteiger partial charge in [0, 0.05) is 16.1 Å². The van der Waals surface area contributed by atoms with Gasteiger partial charge in [-0.2, -0.15) is 4.72 Å². The number of hydrogen-bond donors (Lipinski definition) is 2. The summed E-state index contributed by atoms with van der Waals surface area (Å²) in [6, 6.07) is 20.9. The first-order chi connectivity index (χ1) is 17.0. The molecule has 190 valence electrons. The van der Waals surface area contributed by atoms with Gasteiger partial charge in [-0.05, 0) is 87.5 Å². The molecular weight excluding hydrogens is 496 g/mol. The molecule has 0 spiro atoms. The van der Waals surface area contributed by atoms with Crippen molar-refractivity contribution < 1.29 is 22.7 Å². The Balaban J connectivity index is 1.74. The largest absolute Gasteiger partial charge is 0.459 e. The smallest absolute Gasteiger partial charge is 0.325 e. The lowest BCUT2D eigenvalue weighted by atomic mass is 10.1. The van der Waals surface area contributed by atoms with Crippen LogP contribution in [0.3, 0.4) is 0 Å². The minimum absolute atomic E-state index is 0.0357. The summed E-state index contributed by atoms with van der Waals surface area (Å²) in [6.45, 7) is 5.18. The Hall–Kier alpha value is -3.14. The minimum atomic E-state index is -4.05. The summed E-state index contributed by atoms with van der Waals surface area (Å²) in [5.41, 5.74) is 0.959. The van der Waals surface area contributed by atoms with Crippen molar-refractivity contribution in [2.24, 2.45) is 0 Å². The molecule has 3 aromatic carbocycles. The average molecular weight is 527 g/mol. The van der Waals surface area contributed by atoms with Crippen LogP contribution < -0.4 is 10.0 Å². The first kappa shape index (κ1) is 27.4. The summed E-state index contributed by atoms with van der Waals surface area (Å²) in [4.78, 5) is 26.3. The van der Waals surface area contributed by atoms with E-state index in [4.69, 9.17) is 4.74 Å². The van der Waals surface area contributed by atoms with Crippen LogP contribution in [0.25, 0.3) is 0 Å². The van der Waals surface area contributed by atoms with Gasteiger partial charge in [0.15, 0.2) is 0 Å². The third-order valence-corrected chi connectivity index (χ3v) is 7.28. The molecule has 0 bridgehead atoms. The topological polar surface area (TPSA) is 102 Å². The monoisotopic (exact) mass is 526 g/mol. The molecule has 0 radical (unpaired) electrons. The maximum absolute atomic E-state index is 13.1. The minimum Gasteiger partial charge on any atom is -0.459 e. The van der Waals surface area contributed by atoms with Crippen molar-refractivity contribution in [1.82, 2.24) is 4.72 Å². The van der Waals surface area contributed by atoms with Crippen molar-refractivity contribution >= 4 is 39.3 Å². The van der Waals surface area contributed by atoms with Crippen LogP contribution in [0.1, 0.15) is 36.7 Å². The van der Waals surface area contributed by atoms with E-state index >= 15 is 0 Å². The van der Waals surface area contributed by atoms with E-state index in [9.17, 15) is 18.0 Å².